The van der Waals surface area contributed by atoms with Gasteiger partial charge in [0.25, 0.3) is 0 Å². The second-order valence-corrected chi connectivity index (χ2v) is 0.958. The van der Waals surface area contributed by atoms with Gasteiger partial charge in [-0.05, 0) is 0 Å². The lowest BCUT2D eigenvalue weighted by Gasteiger charge is -1.63. The highest BCUT2D eigenvalue weighted by atomic mass is 16.4. The Balaban J connectivity index is 0.000000360. The molecule has 0 saturated heterocycles. The normalized spacial score (nSPS) is 7.57. The van der Waals surface area contributed by atoms with Crippen LogP contribution in [0.1, 0.15) is 13.3 Å². The second-order valence-electron chi connectivity index (χ2n) is 0.958. The highest BCUT2D eigenvalue weighted by Crippen LogP contribution is 1.82. The summed E-state index contributed by atoms with van der Waals surface area (Å²) >= 11 is 0. The van der Waals surface area contributed by atoms with Crippen LogP contribution in [0.15, 0.2) is 10.8 Å². The van der Waals surface area contributed by atoms with E-state index in [4.69, 9.17) is 0 Å². The molecule has 3 heteroatoms. The summed E-state index contributed by atoms with van der Waals surface area (Å²) in [5, 5.41) is 6.91. The number of hydrogen-bond donors (Lipinski definition) is 0. The van der Waals surface area contributed by atoms with E-state index in [9.17, 15) is 0 Å². The van der Waals surface area contributed by atoms with Gasteiger partial charge < -0.3 is 4.42 Å². The molecule has 0 saturated carbocycles. The lowest BCUT2D eigenvalue weighted by atomic mass is 10.8. The minimum absolute atomic E-state index is 0. The fourth-order valence-electron chi connectivity index (χ4n) is 0.228. The predicted molar refractivity (Wildman–Crippen MR) is 25.8 cm³/mol. The van der Waals surface area contributed by atoms with Crippen LogP contribution in [0.25, 0.3) is 0 Å². The Kier molecular flexibility index (Phi) is 2.05. The molecule has 0 bridgehead atoms. The molecule has 1 aromatic heterocycles. The Labute approximate surface area is 42.4 Å². The average molecular weight is 100 g/mol. The summed E-state index contributed by atoms with van der Waals surface area (Å²) in [6.45, 7) is 1.74. The van der Waals surface area contributed by atoms with Crippen molar-refractivity contribution in [1.82, 2.24) is 10.2 Å². The van der Waals surface area contributed by atoms with Crippen molar-refractivity contribution in [3.63, 3.8) is 0 Å². The highest BCUT2D eigenvalue weighted by Gasteiger charge is 1.79. The predicted octanol–water partition coefficient (Wildman–Crippen LogP) is 1.01. The van der Waals surface area contributed by atoms with Crippen LogP contribution in [0.5, 0.6) is 0 Å². The fraction of sp³-hybridized carbons (Fsp3) is 0.500. The maximum atomic E-state index is 4.61. The van der Waals surface area contributed by atoms with Crippen LogP contribution in [0, 0.1) is 6.92 Å². The molecule has 3 nitrogen and oxygen atoms in total. The van der Waals surface area contributed by atoms with Gasteiger partial charge in [0.2, 0.25) is 12.3 Å². The minimum atomic E-state index is 0. The first-order valence-corrected chi connectivity index (χ1v) is 1.62. The fourth-order valence-corrected chi connectivity index (χ4v) is 0.228. The summed E-state index contributed by atoms with van der Waals surface area (Å²) in [5.41, 5.74) is 0. The molecule has 0 atom stereocenters. The van der Waals surface area contributed by atoms with Crippen molar-refractivity contribution >= 4 is 0 Å². The molecule has 0 amide bonds. The molecule has 7 heavy (non-hydrogen) atoms. The Morgan fingerprint density at radius 2 is 2.43 bits per heavy atom. The summed E-state index contributed by atoms with van der Waals surface area (Å²) in [6.07, 6.45) is 1.30. The Bertz CT molecular complexity index is 113. The molecule has 0 N–H and O–H groups in total. The van der Waals surface area contributed by atoms with Gasteiger partial charge in [0, 0.05) is 6.92 Å². The van der Waals surface area contributed by atoms with Gasteiger partial charge in [0.15, 0.2) is 0 Å². The number of aromatic nitrogens is 2. The number of nitrogens with zero attached hydrogens (tertiary/aromatic N) is 2. The van der Waals surface area contributed by atoms with Gasteiger partial charge in [0.05, 0.1) is 0 Å². The third kappa shape index (κ3) is 1.34. The quantitative estimate of drug-likeness (QED) is 0.488. The van der Waals surface area contributed by atoms with Gasteiger partial charge in [-0.3, -0.25) is 0 Å². The highest BCUT2D eigenvalue weighted by molar-refractivity contribution is 4.60. The number of aryl methyl sites for hydroxylation is 1. The molecular formula is C4H8N2O. The van der Waals surface area contributed by atoms with Crippen molar-refractivity contribution in [2.45, 2.75) is 14.4 Å². The van der Waals surface area contributed by atoms with E-state index in [1.54, 1.807) is 6.92 Å². The summed E-state index contributed by atoms with van der Waals surface area (Å²) in [7, 11) is 0. The van der Waals surface area contributed by atoms with Crippen LogP contribution in [-0.4, -0.2) is 10.2 Å². The minimum Gasteiger partial charge on any atom is -0.428 e. The molecule has 1 rings (SSSR count). The Hall–Kier alpha value is -0.860. The third-order valence-electron chi connectivity index (χ3n) is 0.469. The van der Waals surface area contributed by atoms with Crippen molar-refractivity contribution < 1.29 is 4.42 Å². The molecule has 0 aliphatic carbocycles. The average Bonchev–Trinajstić information content (AvgIpc) is 1.86. The first-order valence-electron chi connectivity index (χ1n) is 1.62. The van der Waals surface area contributed by atoms with E-state index in [1.165, 1.54) is 6.39 Å². The van der Waals surface area contributed by atoms with E-state index in [0.717, 1.165) is 0 Å². The molecule has 0 unspecified atom stereocenters. The van der Waals surface area contributed by atoms with E-state index in [0.29, 0.717) is 5.89 Å². The maximum Gasteiger partial charge on any atom is 0.213 e. The topological polar surface area (TPSA) is 38.9 Å². The number of rotatable bonds is 0. The second kappa shape index (κ2) is 2.34. The van der Waals surface area contributed by atoms with Crippen LogP contribution < -0.4 is 0 Å². The summed E-state index contributed by atoms with van der Waals surface area (Å²) in [5.74, 6) is 0.606. The van der Waals surface area contributed by atoms with Crippen molar-refractivity contribution in [3.05, 3.63) is 12.3 Å². The van der Waals surface area contributed by atoms with E-state index in [2.05, 4.69) is 14.6 Å². The summed E-state index contributed by atoms with van der Waals surface area (Å²) in [6, 6.07) is 0. The first-order chi connectivity index (χ1) is 2.89. The van der Waals surface area contributed by atoms with E-state index in [1.807, 2.05) is 0 Å². The molecule has 1 aromatic rings. The van der Waals surface area contributed by atoms with Crippen LogP contribution in [0.4, 0.5) is 0 Å². The zero-order valence-electron chi connectivity index (χ0n) is 3.38. The van der Waals surface area contributed by atoms with Gasteiger partial charge >= 0.3 is 0 Å². The van der Waals surface area contributed by atoms with Crippen molar-refractivity contribution in [2.24, 2.45) is 0 Å². The van der Waals surface area contributed by atoms with Crippen LogP contribution in [-0.2, 0) is 0 Å². The molecular weight excluding hydrogens is 92.1 g/mol. The standard InChI is InChI=1S/C3H4N2O.CH4/c1-3-5-4-2-6-3;/h2H,1H3;1H4. The SMILES string of the molecule is C.Cc1nnco1. The van der Waals surface area contributed by atoms with Gasteiger partial charge in [-0.25, -0.2) is 0 Å². The lowest BCUT2D eigenvalue weighted by molar-refractivity contribution is 0.518. The summed E-state index contributed by atoms with van der Waals surface area (Å²) in [4.78, 5) is 0. The molecule has 0 radical (unpaired) electrons. The molecule has 0 aliphatic rings. The molecule has 40 valence electrons. The largest absolute Gasteiger partial charge is 0.428 e. The zero-order valence-corrected chi connectivity index (χ0v) is 3.38. The monoisotopic (exact) mass is 100 g/mol. The van der Waals surface area contributed by atoms with Crippen molar-refractivity contribution in [3.8, 4) is 0 Å². The lowest BCUT2D eigenvalue weighted by Crippen LogP contribution is -1.65. The maximum absolute atomic E-state index is 4.61. The van der Waals surface area contributed by atoms with Crippen LogP contribution in [0.3, 0.4) is 0 Å². The molecule has 0 aliphatic heterocycles. The van der Waals surface area contributed by atoms with E-state index >= 15 is 0 Å². The van der Waals surface area contributed by atoms with E-state index in [-0.39, 0.29) is 7.43 Å². The van der Waals surface area contributed by atoms with Gasteiger partial charge in [-0.15, -0.1) is 10.2 Å². The van der Waals surface area contributed by atoms with Gasteiger partial charge in [-0.1, -0.05) is 7.43 Å². The van der Waals surface area contributed by atoms with E-state index < -0.39 is 0 Å². The van der Waals surface area contributed by atoms with Crippen molar-refractivity contribution in [2.75, 3.05) is 0 Å². The van der Waals surface area contributed by atoms with Gasteiger partial charge in [0.1, 0.15) is 0 Å². The molecule has 0 aromatic carbocycles. The molecule has 1 heterocycles. The molecule has 0 spiro atoms. The molecule has 0 fully saturated rings. The van der Waals surface area contributed by atoms with Gasteiger partial charge in [-0.2, -0.15) is 0 Å². The first kappa shape index (κ1) is 6.14. The van der Waals surface area contributed by atoms with Crippen molar-refractivity contribution in [1.29, 1.82) is 0 Å². The van der Waals surface area contributed by atoms with Crippen LogP contribution in [0.2, 0.25) is 0 Å². The Morgan fingerprint density at radius 1 is 1.71 bits per heavy atom. The third-order valence-corrected chi connectivity index (χ3v) is 0.469. The summed E-state index contributed by atoms with van der Waals surface area (Å²) < 4.78 is 4.61. The van der Waals surface area contributed by atoms with Crippen LogP contribution >= 0.6 is 0 Å². The smallest absolute Gasteiger partial charge is 0.213 e. The zero-order chi connectivity index (χ0) is 4.41. The Morgan fingerprint density at radius 3 is 2.57 bits per heavy atom. The number of hydrogen-bond acceptors (Lipinski definition) is 3.